The molecule has 4 nitrogen and oxygen atoms in total. The number of hydrogen-bond donors (Lipinski definition) is 1. The molecule has 1 aromatic heterocycles. The van der Waals surface area contributed by atoms with E-state index in [1.165, 1.54) is 6.07 Å². The lowest BCUT2D eigenvalue weighted by Gasteiger charge is -2.21. The van der Waals surface area contributed by atoms with Gasteiger partial charge in [-0.3, -0.25) is 4.57 Å². The largest absolute Gasteiger partial charge is 0.416 e. The van der Waals surface area contributed by atoms with Gasteiger partial charge in [-0.1, -0.05) is 18.2 Å². The lowest BCUT2D eigenvalue weighted by atomic mass is 10.1. The molecule has 0 radical (unpaired) electrons. The van der Waals surface area contributed by atoms with Crippen LogP contribution in [0, 0.1) is 0 Å². The zero-order chi connectivity index (χ0) is 15.0. The van der Waals surface area contributed by atoms with Crippen molar-refractivity contribution < 1.29 is 18.3 Å². The third-order valence-electron chi connectivity index (χ3n) is 3.61. The van der Waals surface area contributed by atoms with E-state index in [9.17, 15) is 18.3 Å². The molecule has 7 heteroatoms. The lowest BCUT2D eigenvalue weighted by Crippen LogP contribution is -2.19. The molecule has 1 unspecified atom stereocenters. The molecule has 1 N–H and O–H groups in total. The van der Waals surface area contributed by atoms with Gasteiger partial charge in [0.1, 0.15) is 17.9 Å². The monoisotopic (exact) mass is 297 g/mol. The van der Waals surface area contributed by atoms with Crippen molar-refractivity contribution in [3.8, 4) is 0 Å². The number of aromatic nitrogens is 3. The smallest absolute Gasteiger partial charge is 0.373 e. The third-order valence-corrected chi connectivity index (χ3v) is 3.61. The van der Waals surface area contributed by atoms with Gasteiger partial charge in [0.25, 0.3) is 0 Å². The first-order valence-electron chi connectivity index (χ1n) is 6.72. The molecular weight excluding hydrogens is 283 g/mol. The molecule has 0 amide bonds. The molecule has 1 atom stereocenters. The van der Waals surface area contributed by atoms with Crippen LogP contribution >= 0.6 is 0 Å². The molecule has 3 rings (SSSR count). The van der Waals surface area contributed by atoms with E-state index in [0.717, 1.165) is 25.0 Å². The van der Waals surface area contributed by atoms with Crippen molar-refractivity contribution in [3.05, 3.63) is 47.0 Å². The summed E-state index contributed by atoms with van der Waals surface area (Å²) >= 11 is 0. The average molecular weight is 297 g/mol. The van der Waals surface area contributed by atoms with Gasteiger partial charge in [-0.25, -0.2) is 0 Å². The summed E-state index contributed by atoms with van der Waals surface area (Å²) in [6.07, 6.45) is -2.66. The molecule has 1 aliphatic rings. The van der Waals surface area contributed by atoms with Gasteiger partial charge in [-0.2, -0.15) is 13.2 Å². The third kappa shape index (κ3) is 2.78. The Morgan fingerprint density at radius 3 is 2.86 bits per heavy atom. The minimum absolute atomic E-state index is 0.216. The van der Waals surface area contributed by atoms with Gasteiger partial charge in [0.15, 0.2) is 0 Å². The molecule has 21 heavy (non-hydrogen) atoms. The fraction of sp³-hybridized carbons (Fsp3) is 0.429. The fourth-order valence-corrected chi connectivity index (χ4v) is 2.61. The zero-order valence-electron chi connectivity index (χ0n) is 11.1. The van der Waals surface area contributed by atoms with Crippen LogP contribution in [0.2, 0.25) is 0 Å². The van der Waals surface area contributed by atoms with Gasteiger partial charge < -0.3 is 5.11 Å². The molecule has 2 heterocycles. The van der Waals surface area contributed by atoms with Crippen LogP contribution in [0.25, 0.3) is 0 Å². The summed E-state index contributed by atoms with van der Waals surface area (Å²) in [4.78, 5) is 0. The number of fused-ring (bicyclic) bond motifs is 1. The van der Waals surface area contributed by atoms with Gasteiger partial charge in [0.05, 0.1) is 5.56 Å². The molecule has 0 spiro atoms. The Labute approximate surface area is 119 Å². The Bertz CT molecular complexity index is 651. The van der Waals surface area contributed by atoms with Crippen molar-refractivity contribution >= 4 is 0 Å². The summed E-state index contributed by atoms with van der Waals surface area (Å²) in [5, 5.41) is 18.0. The zero-order valence-corrected chi connectivity index (χ0v) is 11.1. The van der Waals surface area contributed by atoms with E-state index < -0.39 is 18.0 Å². The van der Waals surface area contributed by atoms with Crippen molar-refractivity contribution in [1.82, 2.24) is 14.8 Å². The number of aliphatic hydroxyl groups is 1. The number of aryl methyl sites for hydroxylation is 1. The van der Waals surface area contributed by atoms with Gasteiger partial charge >= 0.3 is 6.18 Å². The first-order valence-corrected chi connectivity index (χ1v) is 6.72. The summed E-state index contributed by atoms with van der Waals surface area (Å²) in [6, 6.07) is 5.14. The number of rotatable bonds is 2. The Morgan fingerprint density at radius 1 is 1.29 bits per heavy atom. The molecular formula is C14H14F3N3O. The van der Waals surface area contributed by atoms with E-state index in [-0.39, 0.29) is 6.42 Å². The molecule has 0 aliphatic carbocycles. The topological polar surface area (TPSA) is 50.9 Å². The second-order valence-corrected chi connectivity index (χ2v) is 5.15. The number of benzene rings is 1. The first kappa shape index (κ1) is 14.1. The maximum atomic E-state index is 12.7. The lowest BCUT2D eigenvalue weighted by molar-refractivity contribution is -0.137. The minimum Gasteiger partial charge on any atom is -0.373 e. The second-order valence-electron chi connectivity index (χ2n) is 5.15. The Balaban J connectivity index is 1.90. The molecule has 1 aliphatic heterocycles. The van der Waals surface area contributed by atoms with Crippen LogP contribution in [-0.2, 0) is 19.0 Å². The van der Waals surface area contributed by atoms with E-state index in [1.54, 1.807) is 10.6 Å². The number of halogens is 3. The van der Waals surface area contributed by atoms with Gasteiger partial charge in [-0.15, -0.1) is 10.2 Å². The van der Waals surface area contributed by atoms with Crippen LogP contribution in [0.15, 0.2) is 24.3 Å². The highest BCUT2D eigenvalue weighted by Gasteiger charge is 2.30. The summed E-state index contributed by atoms with van der Waals surface area (Å²) in [7, 11) is 0. The quantitative estimate of drug-likeness (QED) is 0.927. The van der Waals surface area contributed by atoms with Crippen molar-refractivity contribution in [2.75, 3.05) is 0 Å². The molecule has 0 bridgehead atoms. The van der Waals surface area contributed by atoms with E-state index in [2.05, 4.69) is 10.2 Å². The van der Waals surface area contributed by atoms with Crippen molar-refractivity contribution in [2.24, 2.45) is 0 Å². The Kier molecular flexibility index (Phi) is 3.44. The normalized spacial score (nSPS) is 18.6. The molecule has 0 saturated heterocycles. The van der Waals surface area contributed by atoms with Crippen LogP contribution in [0.4, 0.5) is 13.2 Å². The van der Waals surface area contributed by atoms with E-state index in [0.29, 0.717) is 23.6 Å². The predicted molar refractivity (Wildman–Crippen MR) is 68.5 cm³/mol. The van der Waals surface area contributed by atoms with Crippen molar-refractivity contribution in [3.63, 3.8) is 0 Å². The van der Waals surface area contributed by atoms with Crippen LogP contribution in [0.3, 0.4) is 0 Å². The molecule has 0 fully saturated rings. The van der Waals surface area contributed by atoms with Crippen LogP contribution < -0.4 is 0 Å². The summed E-state index contributed by atoms with van der Waals surface area (Å²) in [5.74, 6) is 1.19. The summed E-state index contributed by atoms with van der Waals surface area (Å²) in [5.41, 5.74) is -0.184. The predicted octanol–water partition coefficient (Wildman–Crippen LogP) is 2.71. The molecule has 2 aromatic rings. The highest BCUT2D eigenvalue weighted by molar-refractivity contribution is 5.28. The van der Waals surface area contributed by atoms with Crippen LogP contribution in [0.1, 0.15) is 41.8 Å². The molecule has 112 valence electrons. The standard InChI is InChI=1S/C14H14F3N3O/c15-14(16,17)10-4-1-3-9(7-10)8-12-19-18-11-5-2-6-13(21)20(11)12/h1,3-4,7,13,21H,2,5-6,8H2. The SMILES string of the molecule is OC1CCCc2nnc(Cc3cccc(C(F)(F)F)c3)n21. The van der Waals surface area contributed by atoms with Crippen LogP contribution in [-0.4, -0.2) is 19.9 Å². The van der Waals surface area contributed by atoms with Gasteiger partial charge in [0.2, 0.25) is 0 Å². The summed E-state index contributed by atoms with van der Waals surface area (Å²) in [6.45, 7) is 0. The highest BCUT2D eigenvalue weighted by Crippen LogP contribution is 2.30. The first-order chi connectivity index (χ1) is 9.95. The number of nitrogens with zero attached hydrogens (tertiary/aromatic N) is 3. The Hall–Kier alpha value is -1.89. The summed E-state index contributed by atoms with van der Waals surface area (Å²) < 4.78 is 39.8. The Morgan fingerprint density at radius 2 is 2.10 bits per heavy atom. The van der Waals surface area contributed by atoms with Gasteiger partial charge in [0, 0.05) is 12.8 Å². The number of alkyl halides is 3. The number of hydrogen-bond acceptors (Lipinski definition) is 3. The maximum Gasteiger partial charge on any atom is 0.416 e. The van der Waals surface area contributed by atoms with Gasteiger partial charge in [-0.05, 0) is 24.5 Å². The minimum atomic E-state index is -4.36. The number of aliphatic hydroxyl groups excluding tert-OH is 1. The van der Waals surface area contributed by atoms with Crippen molar-refractivity contribution in [1.29, 1.82) is 0 Å². The maximum absolute atomic E-state index is 12.7. The van der Waals surface area contributed by atoms with E-state index in [4.69, 9.17) is 0 Å². The fourth-order valence-electron chi connectivity index (χ4n) is 2.61. The molecule has 1 aromatic carbocycles. The average Bonchev–Trinajstić information content (AvgIpc) is 2.83. The highest BCUT2D eigenvalue weighted by atomic mass is 19.4. The van der Waals surface area contributed by atoms with E-state index in [1.807, 2.05) is 0 Å². The van der Waals surface area contributed by atoms with Crippen molar-refractivity contribution in [2.45, 2.75) is 38.1 Å². The van der Waals surface area contributed by atoms with E-state index >= 15 is 0 Å². The van der Waals surface area contributed by atoms with Crippen LogP contribution in [0.5, 0.6) is 0 Å². The molecule has 0 saturated carbocycles. The second kappa shape index (κ2) is 5.14.